The van der Waals surface area contributed by atoms with E-state index in [0.717, 1.165) is 0 Å². The molecule has 0 heterocycles. The highest BCUT2D eigenvalue weighted by Crippen LogP contribution is 1.98. The van der Waals surface area contributed by atoms with Crippen LogP contribution < -0.4 is 27.4 Å². The molecule has 0 aromatic heterocycles. The van der Waals surface area contributed by atoms with E-state index in [9.17, 15) is 24.0 Å². The number of amides is 4. The van der Waals surface area contributed by atoms with Crippen LogP contribution >= 0.6 is 0 Å². The number of hydrogen-bond donors (Lipinski definition) is 6. The van der Waals surface area contributed by atoms with Gasteiger partial charge in [0.05, 0.1) is 19.0 Å². The van der Waals surface area contributed by atoms with Crippen molar-refractivity contribution in [3.05, 3.63) is 0 Å². The van der Waals surface area contributed by atoms with Crippen molar-refractivity contribution in [2.45, 2.75) is 45.3 Å². The third kappa shape index (κ3) is 8.65. The van der Waals surface area contributed by atoms with Gasteiger partial charge in [0.25, 0.3) is 0 Å². The zero-order valence-corrected chi connectivity index (χ0v) is 14.4. The molecule has 142 valence electrons. The van der Waals surface area contributed by atoms with Crippen molar-refractivity contribution in [1.29, 1.82) is 0 Å². The van der Waals surface area contributed by atoms with Crippen LogP contribution in [0.15, 0.2) is 0 Å². The molecule has 25 heavy (non-hydrogen) atoms. The van der Waals surface area contributed by atoms with Crippen LogP contribution in [0.5, 0.6) is 0 Å². The van der Waals surface area contributed by atoms with Crippen molar-refractivity contribution >= 4 is 29.6 Å². The van der Waals surface area contributed by atoms with E-state index in [1.54, 1.807) is 13.8 Å². The molecule has 0 fully saturated rings. The van der Waals surface area contributed by atoms with Crippen LogP contribution in [0.4, 0.5) is 0 Å². The summed E-state index contributed by atoms with van der Waals surface area (Å²) in [5.41, 5.74) is 10.5. The molecule has 0 rings (SSSR count). The van der Waals surface area contributed by atoms with Gasteiger partial charge in [-0.15, -0.1) is 0 Å². The minimum Gasteiger partial charge on any atom is -0.480 e. The molecule has 11 heteroatoms. The van der Waals surface area contributed by atoms with Crippen molar-refractivity contribution in [3.63, 3.8) is 0 Å². The Balaban J connectivity index is 4.43. The van der Waals surface area contributed by atoms with E-state index in [2.05, 4.69) is 16.0 Å². The summed E-state index contributed by atoms with van der Waals surface area (Å²) in [5, 5.41) is 15.6. The molecule has 0 aliphatic heterocycles. The van der Waals surface area contributed by atoms with Crippen molar-refractivity contribution in [1.82, 2.24) is 16.0 Å². The molecule has 3 atom stereocenters. The lowest BCUT2D eigenvalue weighted by Gasteiger charge is -2.19. The number of nitrogens with two attached hydrogens (primary N) is 2. The second-order valence-electron chi connectivity index (χ2n) is 5.85. The molecule has 0 aliphatic carbocycles. The molecule has 8 N–H and O–H groups in total. The van der Waals surface area contributed by atoms with Gasteiger partial charge >= 0.3 is 5.97 Å². The Labute approximate surface area is 144 Å². The number of carbonyl (C=O) groups is 5. The van der Waals surface area contributed by atoms with E-state index < -0.39 is 60.7 Å². The number of carboxylic acids is 1. The Kier molecular flexibility index (Phi) is 9.13. The highest BCUT2D eigenvalue weighted by atomic mass is 16.4. The Bertz CT molecular complexity index is 536. The van der Waals surface area contributed by atoms with Gasteiger partial charge in [0.2, 0.25) is 23.6 Å². The third-order valence-corrected chi connectivity index (χ3v) is 3.23. The van der Waals surface area contributed by atoms with Gasteiger partial charge < -0.3 is 32.5 Å². The molecule has 3 unspecified atom stereocenters. The molecule has 0 saturated heterocycles. The maximum atomic E-state index is 11.8. The fourth-order valence-electron chi connectivity index (χ4n) is 1.65. The maximum absolute atomic E-state index is 11.8. The summed E-state index contributed by atoms with van der Waals surface area (Å²) in [6.07, 6.45) is -0.575. The first kappa shape index (κ1) is 22.3. The summed E-state index contributed by atoms with van der Waals surface area (Å²) in [5.74, 6) is -4.41. The van der Waals surface area contributed by atoms with Crippen molar-refractivity contribution in [2.24, 2.45) is 17.4 Å². The summed E-state index contributed by atoms with van der Waals surface area (Å²) < 4.78 is 0. The third-order valence-electron chi connectivity index (χ3n) is 3.23. The largest absolute Gasteiger partial charge is 0.480 e. The zero-order chi connectivity index (χ0) is 19.7. The number of aliphatic carboxylic acids is 1. The molecule has 0 aliphatic rings. The molecule has 0 bridgehead atoms. The van der Waals surface area contributed by atoms with E-state index >= 15 is 0 Å². The molecule has 4 amide bonds. The predicted octanol–water partition coefficient (Wildman–Crippen LogP) is -2.96. The monoisotopic (exact) mass is 359 g/mol. The molecule has 0 aromatic rings. The van der Waals surface area contributed by atoms with E-state index in [-0.39, 0.29) is 5.92 Å². The van der Waals surface area contributed by atoms with Crippen LogP contribution in [-0.4, -0.2) is 59.4 Å². The molecular weight excluding hydrogens is 334 g/mol. The lowest BCUT2D eigenvalue weighted by molar-refractivity contribution is -0.143. The van der Waals surface area contributed by atoms with Crippen molar-refractivity contribution < 1.29 is 29.1 Å². The van der Waals surface area contributed by atoms with Gasteiger partial charge in [-0.25, -0.2) is 4.79 Å². The quantitative estimate of drug-likeness (QED) is 0.239. The first-order valence-electron chi connectivity index (χ1n) is 7.59. The Morgan fingerprint density at radius 2 is 1.56 bits per heavy atom. The summed E-state index contributed by atoms with van der Waals surface area (Å²) >= 11 is 0. The number of nitrogens with one attached hydrogen (secondary N) is 3. The van der Waals surface area contributed by atoms with E-state index in [1.807, 2.05) is 0 Å². The number of rotatable bonds is 10. The fraction of sp³-hybridized carbons (Fsp3) is 0.643. The van der Waals surface area contributed by atoms with Crippen LogP contribution in [0.3, 0.4) is 0 Å². The normalized spacial score (nSPS) is 14.1. The molecule has 0 spiro atoms. The number of primary amides is 1. The van der Waals surface area contributed by atoms with Gasteiger partial charge in [-0.2, -0.15) is 0 Å². The highest BCUT2D eigenvalue weighted by Gasteiger charge is 2.24. The number of hydrogen-bond acceptors (Lipinski definition) is 6. The standard InChI is InChI=1S/C14H25N5O6/c1-6(2)11(16)13(23)18-7(3)12(22)17-5-10(21)19-8(14(24)25)4-9(15)20/h6-8,11H,4-5,16H2,1-3H3,(H2,15,20)(H,17,22)(H,18,23)(H,19,21)(H,24,25). The highest BCUT2D eigenvalue weighted by molar-refractivity contribution is 5.93. The Morgan fingerprint density at radius 1 is 1.00 bits per heavy atom. The summed E-state index contributed by atoms with van der Waals surface area (Å²) in [6.45, 7) is 4.39. The second-order valence-corrected chi connectivity index (χ2v) is 5.85. The van der Waals surface area contributed by atoms with Crippen LogP contribution in [0.1, 0.15) is 27.2 Å². The SMILES string of the molecule is CC(NC(=O)C(N)C(C)C)C(=O)NCC(=O)NC(CC(N)=O)C(=O)O. The van der Waals surface area contributed by atoms with Gasteiger partial charge in [-0.3, -0.25) is 19.2 Å². The summed E-state index contributed by atoms with van der Waals surface area (Å²) in [4.78, 5) is 56.9. The molecule has 11 nitrogen and oxygen atoms in total. The topological polar surface area (TPSA) is 194 Å². The van der Waals surface area contributed by atoms with Gasteiger partial charge in [0, 0.05) is 0 Å². The van der Waals surface area contributed by atoms with Gasteiger partial charge in [-0.05, 0) is 12.8 Å². The molecule has 0 radical (unpaired) electrons. The van der Waals surface area contributed by atoms with Crippen molar-refractivity contribution in [3.8, 4) is 0 Å². The van der Waals surface area contributed by atoms with Gasteiger partial charge in [0.15, 0.2) is 0 Å². The van der Waals surface area contributed by atoms with Crippen LogP contribution in [0.25, 0.3) is 0 Å². The van der Waals surface area contributed by atoms with E-state index in [0.29, 0.717) is 0 Å². The van der Waals surface area contributed by atoms with Gasteiger partial charge in [0.1, 0.15) is 12.1 Å². The van der Waals surface area contributed by atoms with E-state index in [1.165, 1.54) is 6.92 Å². The fourth-order valence-corrected chi connectivity index (χ4v) is 1.65. The maximum Gasteiger partial charge on any atom is 0.326 e. The molecular formula is C14H25N5O6. The summed E-state index contributed by atoms with van der Waals surface area (Å²) in [7, 11) is 0. The smallest absolute Gasteiger partial charge is 0.326 e. The number of carboxylic acid groups (broad SMARTS) is 1. The molecule has 0 aromatic carbocycles. The lowest BCUT2D eigenvalue weighted by atomic mass is 10.0. The Hall–Kier alpha value is -2.69. The zero-order valence-electron chi connectivity index (χ0n) is 14.4. The van der Waals surface area contributed by atoms with Crippen LogP contribution in [0, 0.1) is 5.92 Å². The van der Waals surface area contributed by atoms with E-state index in [4.69, 9.17) is 16.6 Å². The molecule has 0 saturated carbocycles. The Morgan fingerprint density at radius 3 is 2.00 bits per heavy atom. The predicted molar refractivity (Wildman–Crippen MR) is 86.8 cm³/mol. The average Bonchev–Trinajstić information content (AvgIpc) is 2.50. The minimum atomic E-state index is -1.48. The second kappa shape index (κ2) is 10.2. The van der Waals surface area contributed by atoms with Gasteiger partial charge in [-0.1, -0.05) is 13.8 Å². The summed E-state index contributed by atoms with van der Waals surface area (Å²) in [6, 6.07) is -3.20. The average molecular weight is 359 g/mol. The number of carbonyl (C=O) groups excluding carboxylic acids is 4. The lowest BCUT2D eigenvalue weighted by Crippen LogP contribution is -2.53. The minimum absolute atomic E-state index is 0.112. The first-order chi connectivity index (χ1) is 11.5. The first-order valence-corrected chi connectivity index (χ1v) is 7.59. The van der Waals surface area contributed by atoms with Crippen LogP contribution in [-0.2, 0) is 24.0 Å². The van der Waals surface area contributed by atoms with Crippen molar-refractivity contribution in [2.75, 3.05) is 6.54 Å². The van der Waals surface area contributed by atoms with Crippen LogP contribution in [0.2, 0.25) is 0 Å².